The van der Waals surface area contributed by atoms with E-state index in [1.807, 2.05) is 68.4 Å². The standard InChI is InChI=1S/C16H17N3O/c1-12-8-10-14(11-9-12)13(2)18-19-16(20)17-15-6-4-3-5-7-15/h3-11H,1-2H3,(H2,17,19,20)/b18-13+. The summed E-state index contributed by atoms with van der Waals surface area (Å²) in [7, 11) is 0. The molecule has 2 rings (SSSR count). The molecule has 4 heteroatoms. The topological polar surface area (TPSA) is 53.5 Å². The van der Waals surface area contributed by atoms with E-state index in [0.717, 1.165) is 17.0 Å². The average Bonchev–Trinajstić information content (AvgIpc) is 2.46. The van der Waals surface area contributed by atoms with Crippen molar-refractivity contribution in [2.45, 2.75) is 13.8 Å². The van der Waals surface area contributed by atoms with Gasteiger partial charge in [0.2, 0.25) is 0 Å². The molecule has 102 valence electrons. The third-order valence-electron chi connectivity index (χ3n) is 2.83. The van der Waals surface area contributed by atoms with Crippen molar-refractivity contribution in [1.29, 1.82) is 0 Å². The molecule has 0 unspecified atom stereocenters. The number of para-hydroxylation sites is 1. The fourth-order valence-electron chi connectivity index (χ4n) is 1.67. The van der Waals surface area contributed by atoms with Gasteiger partial charge in [-0.05, 0) is 31.5 Å². The molecule has 20 heavy (non-hydrogen) atoms. The van der Waals surface area contributed by atoms with E-state index in [1.165, 1.54) is 5.56 Å². The summed E-state index contributed by atoms with van der Waals surface area (Å²) >= 11 is 0. The van der Waals surface area contributed by atoms with E-state index in [2.05, 4.69) is 15.8 Å². The molecule has 0 saturated carbocycles. The zero-order chi connectivity index (χ0) is 14.4. The number of carbonyl (C=O) groups excluding carboxylic acids is 1. The maximum absolute atomic E-state index is 11.7. The van der Waals surface area contributed by atoms with Gasteiger partial charge in [-0.25, -0.2) is 10.2 Å². The normalized spacial score (nSPS) is 11.0. The molecule has 0 radical (unpaired) electrons. The maximum Gasteiger partial charge on any atom is 0.339 e. The van der Waals surface area contributed by atoms with Crippen LogP contribution in [0, 0.1) is 6.92 Å². The molecule has 0 aromatic heterocycles. The van der Waals surface area contributed by atoms with Crippen LogP contribution in [0.4, 0.5) is 10.5 Å². The van der Waals surface area contributed by atoms with Crippen LogP contribution in [-0.2, 0) is 0 Å². The largest absolute Gasteiger partial charge is 0.339 e. The Morgan fingerprint density at radius 2 is 1.65 bits per heavy atom. The molecule has 0 fully saturated rings. The number of aryl methyl sites for hydroxylation is 1. The lowest BCUT2D eigenvalue weighted by Gasteiger charge is -2.05. The first kappa shape index (κ1) is 13.8. The van der Waals surface area contributed by atoms with Gasteiger partial charge >= 0.3 is 6.03 Å². The minimum Gasteiger partial charge on any atom is -0.307 e. The van der Waals surface area contributed by atoms with Crippen LogP contribution >= 0.6 is 0 Å². The summed E-state index contributed by atoms with van der Waals surface area (Å²) < 4.78 is 0. The average molecular weight is 267 g/mol. The highest BCUT2D eigenvalue weighted by Gasteiger charge is 2.01. The number of nitrogens with one attached hydrogen (secondary N) is 2. The molecule has 0 spiro atoms. The molecule has 0 aliphatic heterocycles. The number of anilines is 1. The molecule has 4 nitrogen and oxygen atoms in total. The molecular weight excluding hydrogens is 250 g/mol. The van der Waals surface area contributed by atoms with E-state index in [-0.39, 0.29) is 6.03 Å². The molecular formula is C16H17N3O. The molecule has 0 bridgehead atoms. The highest BCUT2D eigenvalue weighted by atomic mass is 16.2. The molecule has 2 amide bonds. The fourth-order valence-corrected chi connectivity index (χ4v) is 1.67. The van der Waals surface area contributed by atoms with Gasteiger partial charge in [-0.15, -0.1) is 0 Å². The number of benzene rings is 2. The summed E-state index contributed by atoms with van der Waals surface area (Å²) in [5.41, 5.74) is 6.14. The summed E-state index contributed by atoms with van der Waals surface area (Å²) in [6.45, 7) is 3.88. The Kier molecular flexibility index (Phi) is 4.50. The number of hydrogen-bond acceptors (Lipinski definition) is 2. The summed E-state index contributed by atoms with van der Waals surface area (Å²) in [4.78, 5) is 11.7. The second-order valence-electron chi connectivity index (χ2n) is 4.50. The first-order valence-corrected chi connectivity index (χ1v) is 6.38. The number of urea groups is 1. The van der Waals surface area contributed by atoms with Gasteiger partial charge in [0, 0.05) is 5.69 Å². The lowest BCUT2D eigenvalue weighted by molar-refractivity contribution is 0.252. The fraction of sp³-hybridized carbons (Fsp3) is 0.125. The smallest absolute Gasteiger partial charge is 0.307 e. The minimum atomic E-state index is -0.359. The summed E-state index contributed by atoms with van der Waals surface area (Å²) in [6, 6.07) is 16.9. The lowest BCUT2D eigenvalue weighted by Crippen LogP contribution is -2.25. The summed E-state index contributed by atoms with van der Waals surface area (Å²) in [5, 5.41) is 6.78. The molecule has 2 N–H and O–H groups in total. The van der Waals surface area contributed by atoms with E-state index >= 15 is 0 Å². The predicted molar refractivity (Wildman–Crippen MR) is 82.0 cm³/mol. The monoisotopic (exact) mass is 267 g/mol. The number of rotatable bonds is 3. The van der Waals surface area contributed by atoms with E-state index in [4.69, 9.17) is 0 Å². The Bertz CT molecular complexity index is 603. The first-order valence-electron chi connectivity index (χ1n) is 6.38. The maximum atomic E-state index is 11.7. The van der Waals surface area contributed by atoms with Gasteiger partial charge in [-0.3, -0.25) is 0 Å². The SMILES string of the molecule is C/C(=N\NC(=O)Nc1ccccc1)c1ccc(C)cc1. The van der Waals surface area contributed by atoms with Gasteiger partial charge < -0.3 is 5.32 Å². The Morgan fingerprint density at radius 3 is 2.30 bits per heavy atom. The Labute approximate surface area is 118 Å². The molecule has 0 atom stereocenters. The molecule has 0 heterocycles. The quantitative estimate of drug-likeness (QED) is 0.648. The van der Waals surface area contributed by atoms with Gasteiger partial charge in [0.15, 0.2) is 0 Å². The van der Waals surface area contributed by atoms with Crippen LogP contribution < -0.4 is 10.7 Å². The number of amides is 2. The zero-order valence-electron chi connectivity index (χ0n) is 11.6. The van der Waals surface area contributed by atoms with Crippen LogP contribution in [0.5, 0.6) is 0 Å². The van der Waals surface area contributed by atoms with Crippen molar-refractivity contribution in [2.24, 2.45) is 5.10 Å². The van der Waals surface area contributed by atoms with Crippen molar-refractivity contribution in [3.63, 3.8) is 0 Å². The Balaban J connectivity index is 1.95. The Morgan fingerprint density at radius 1 is 1.00 bits per heavy atom. The van der Waals surface area contributed by atoms with Crippen molar-refractivity contribution < 1.29 is 4.79 Å². The van der Waals surface area contributed by atoms with Crippen LogP contribution in [-0.4, -0.2) is 11.7 Å². The zero-order valence-corrected chi connectivity index (χ0v) is 11.6. The highest BCUT2D eigenvalue weighted by molar-refractivity contribution is 5.99. The molecule has 0 aliphatic rings. The van der Waals surface area contributed by atoms with E-state index < -0.39 is 0 Å². The molecule has 2 aromatic carbocycles. The third-order valence-corrected chi connectivity index (χ3v) is 2.83. The number of hydrogen-bond donors (Lipinski definition) is 2. The lowest BCUT2D eigenvalue weighted by atomic mass is 10.1. The molecule has 2 aromatic rings. The minimum absolute atomic E-state index is 0.359. The van der Waals surface area contributed by atoms with Crippen molar-refractivity contribution in [3.05, 3.63) is 65.7 Å². The number of carbonyl (C=O) groups is 1. The van der Waals surface area contributed by atoms with Crippen LogP contribution in [0.25, 0.3) is 0 Å². The second kappa shape index (κ2) is 6.52. The predicted octanol–water partition coefficient (Wildman–Crippen LogP) is 3.54. The van der Waals surface area contributed by atoms with Gasteiger partial charge in [-0.1, -0.05) is 48.0 Å². The van der Waals surface area contributed by atoms with Crippen molar-refractivity contribution in [2.75, 3.05) is 5.32 Å². The van der Waals surface area contributed by atoms with Crippen molar-refractivity contribution >= 4 is 17.4 Å². The van der Waals surface area contributed by atoms with Gasteiger partial charge in [0.1, 0.15) is 0 Å². The second-order valence-corrected chi connectivity index (χ2v) is 4.50. The van der Waals surface area contributed by atoms with Crippen LogP contribution in [0.3, 0.4) is 0 Å². The van der Waals surface area contributed by atoms with Gasteiger partial charge in [-0.2, -0.15) is 5.10 Å². The molecule has 0 saturated heterocycles. The van der Waals surface area contributed by atoms with Crippen LogP contribution in [0.2, 0.25) is 0 Å². The van der Waals surface area contributed by atoms with Crippen molar-refractivity contribution in [1.82, 2.24) is 5.43 Å². The summed E-state index contributed by atoms with van der Waals surface area (Å²) in [5.74, 6) is 0. The molecule has 0 aliphatic carbocycles. The van der Waals surface area contributed by atoms with E-state index in [1.54, 1.807) is 0 Å². The van der Waals surface area contributed by atoms with Crippen LogP contribution in [0.1, 0.15) is 18.1 Å². The van der Waals surface area contributed by atoms with Crippen LogP contribution in [0.15, 0.2) is 59.7 Å². The highest BCUT2D eigenvalue weighted by Crippen LogP contribution is 2.05. The van der Waals surface area contributed by atoms with Gasteiger partial charge in [0.25, 0.3) is 0 Å². The Hall–Kier alpha value is -2.62. The van der Waals surface area contributed by atoms with Gasteiger partial charge in [0.05, 0.1) is 5.71 Å². The first-order chi connectivity index (χ1) is 9.65. The third kappa shape index (κ3) is 3.95. The number of hydrazone groups is 1. The van der Waals surface area contributed by atoms with Crippen molar-refractivity contribution in [3.8, 4) is 0 Å². The number of nitrogens with zero attached hydrogens (tertiary/aromatic N) is 1. The van der Waals surface area contributed by atoms with E-state index in [9.17, 15) is 4.79 Å². The van der Waals surface area contributed by atoms with E-state index in [0.29, 0.717) is 0 Å². The summed E-state index contributed by atoms with van der Waals surface area (Å²) in [6.07, 6.45) is 0.